The second-order valence-corrected chi connectivity index (χ2v) is 5.69. The topological polar surface area (TPSA) is 59.8 Å². The predicted octanol–water partition coefficient (Wildman–Crippen LogP) is 3.52. The van der Waals surface area contributed by atoms with Crippen molar-refractivity contribution >= 4 is 5.91 Å². The zero-order valence-electron chi connectivity index (χ0n) is 13.8. The molecule has 3 aromatic rings. The number of carbonyl (C=O) groups excluding carboxylic acids is 1. The summed E-state index contributed by atoms with van der Waals surface area (Å²) in [6.07, 6.45) is -0.715. The SMILES string of the molecule is Cc1cccc(-n2ncc(C(=O)NCc3ccncc3)c2C(F)(F)F)c1. The highest BCUT2D eigenvalue weighted by Gasteiger charge is 2.40. The number of nitrogens with zero attached hydrogens (tertiary/aromatic N) is 3. The Kier molecular flexibility index (Phi) is 4.75. The molecule has 134 valence electrons. The van der Waals surface area contributed by atoms with Gasteiger partial charge >= 0.3 is 6.18 Å². The molecule has 0 saturated heterocycles. The van der Waals surface area contributed by atoms with Crippen LogP contribution >= 0.6 is 0 Å². The molecule has 0 aliphatic rings. The molecule has 2 aromatic heterocycles. The van der Waals surface area contributed by atoms with Gasteiger partial charge in [-0.3, -0.25) is 9.78 Å². The molecule has 1 N–H and O–H groups in total. The molecule has 1 aromatic carbocycles. The average Bonchev–Trinajstić information content (AvgIpc) is 3.06. The van der Waals surface area contributed by atoms with Gasteiger partial charge in [0.05, 0.1) is 17.4 Å². The molecule has 0 unspecified atom stereocenters. The largest absolute Gasteiger partial charge is 0.434 e. The van der Waals surface area contributed by atoms with E-state index in [1.807, 2.05) is 0 Å². The monoisotopic (exact) mass is 360 g/mol. The molecule has 0 spiro atoms. The Bertz CT molecular complexity index is 920. The van der Waals surface area contributed by atoms with E-state index in [-0.39, 0.29) is 12.2 Å². The highest BCUT2D eigenvalue weighted by Crippen LogP contribution is 2.33. The van der Waals surface area contributed by atoms with Crippen molar-refractivity contribution in [3.8, 4) is 5.69 Å². The number of hydrogen-bond donors (Lipinski definition) is 1. The van der Waals surface area contributed by atoms with Gasteiger partial charge in [-0.25, -0.2) is 4.68 Å². The average molecular weight is 360 g/mol. The lowest BCUT2D eigenvalue weighted by Gasteiger charge is -2.13. The summed E-state index contributed by atoms with van der Waals surface area (Å²) in [6.45, 7) is 1.86. The minimum absolute atomic E-state index is 0.0915. The van der Waals surface area contributed by atoms with Crippen LogP contribution in [0.4, 0.5) is 13.2 Å². The van der Waals surface area contributed by atoms with Crippen LogP contribution in [0.15, 0.2) is 55.0 Å². The van der Waals surface area contributed by atoms with Gasteiger partial charge in [0.1, 0.15) is 0 Å². The minimum Gasteiger partial charge on any atom is -0.348 e. The molecule has 0 radical (unpaired) electrons. The maximum Gasteiger partial charge on any atom is 0.434 e. The fourth-order valence-corrected chi connectivity index (χ4v) is 2.52. The third kappa shape index (κ3) is 3.74. The fourth-order valence-electron chi connectivity index (χ4n) is 2.52. The Morgan fingerprint density at radius 2 is 1.92 bits per heavy atom. The van der Waals surface area contributed by atoms with Crippen molar-refractivity contribution in [2.24, 2.45) is 0 Å². The molecule has 0 atom stereocenters. The fraction of sp³-hybridized carbons (Fsp3) is 0.167. The van der Waals surface area contributed by atoms with Gasteiger partial charge in [0.2, 0.25) is 0 Å². The maximum atomic E-state index is 13.6. The number of benzene rings is 1. The molecule has 0 fully saturated rings. The van der Waals surface area contributed by atoms with E-state index in [0.29, 0.717) is 0 Å². The van der Waals surface area contributed by atoms with Gasteiger partial charge in [-0.1, -0.05) is 12.1 Å². The third-order valence-electron chi connectivity index (χ3n) is 3.73. The van der Waals surface area contributed by atoms with Crippen molar-refractivity contribution in [3.63, 3.8) is 0 Å². The Labute approximate surface area is 147 Å². The highest BCUT2D eigenvalue weighted by atomic mass is 19.4. The number of alkyl halides is 3. The van der Waals surface area contributed by atoms with Crippen molar-refractivity contribution < 1.29 is 18.0 Å². The van der Waals surface area contributed by atoms with Gasteiger partial charge in [0, 0.05) is 18.9 Å². The zero-order chi connectivity index (χ0) is 18.7. The van der Waals surface area contributed by atoms with Crippen LogP contribution in [0, 0.1) is 6.92 Å². The van der Waals surface area contributed by atoms with Crippen molar-refractivity contribution in [1.29, 1.82) is 0 Å². The van der Waals surface area contributed by atoms with E-state index in [4.69, 9.17) is 0 Å². The summed E-state index contributed by atoms with van der Waals surface area (Å²) in [5, 5.41) is 6.28. The van der Waals surface area contributed by atoms with Crippen molar-refractivity contribution in [1.82, 2.24) is 20.1 Å². The van der Waals surface area contributed by atoms with Crippen LogP contribution in [-0.4, -0.2) is 20.7 Å². The number of aryl methyl sites for hydroxylation is 1. The summed E-state index contributed by atoms with van der Waals surface area (Å²) in [6, 6.07) is 9.81. The first-order valence-corrected chi connectivity index (χ1v) is 7.75. The van der Waals surface area contributed by atoms with Crippen LogP contribution in [0.1, 0.15) is 27.2 Å². The molecule has 5 nitrogen and oxygen atoms in total. The summed E-state index contributed by atoms with van der Waals surface area (Å²) >= 11 is 0. The van der Waals surface area contributed by atoms with Crippen LogP contribution in [0.3, 0.4) is 0 Å². The first-order chi connectivity index (χ1) is 12.4. The van der Waals surface area contributed by atoms with E-state index in [1.165, 1.54) is 6.07 Å². The number of halogens is 3. The number of carbonyl (C=O) groups is 1. The quantitative estimate of drug-likeness (QED) is 0.774. The van der Waals surface area contributed by atoms with Crippen molar-refractivity contribution in [3.05, 3.63) is 77.4 Å². The summed E-state index contributed by atoms with van der Waals surface area (Å²) in [5.41, 5.74) is 0.136. The van der Waals surface area contributed by atoms with Crippen LogP contribution in [-0.2, 0) is 12.7 Å². The third-order valence-corrected chi connectivity index (χ3v) is 3.73. The van der Waals surface area contributed by atoms with Gasteiger partial charge < -0.3 is 5.32 Å². The number of pyridine rings is 1. The van der Waals surface area contributed by atoms with E-state index in [9.17, 15) is 18.0 Å². The molecule has 0 aliphatic carbocycles. The molecule has 3 rings (SSSR count). The predicted molar refractivity (Wildman–Crippen MR) is 88.7 cm³/mol. The Morgan fingerprint density at radius 1 is 1.19 bits per heavy atom. The highest BCUT2D eigenvalue weighted by molar-refractivity contribution is 5.95. The van der Waals surface area contributed by atoms with E-state index in [1.54, 1.807) is 49.6 Å². The molecular formula is C18H15F3N4O. The van der Waals surface area contributed by atoms with Crippen LogP contribution in [0.5, 0.6) is 0 Å². The van der Waals surface area contributed by atoms with Gasteiger partial charge in [-0.2, -0.15) is 18.3 Å². The first kappa shape index (κ1) is 17.7. The summed E-state index contributed by atoms with van der Waals surface area (Å²) in [4.78, 5) is 16.2. The number of amides is 1. The van der Waals surface area contributed by atoms with E-state index >= 15 is 0 Å². The molecule has 2 heterocycles. The van der Waals surface area contributed by atoms with Crippen LogP contribution < -0.4 is 5.32 Å². The molecule has 1 amide bonds. The van der Waals surface area contributed by atoms with Crippen LogP contribution in [0.25, 0.3) is 5.69 Å². The number of aromatic nitrogens is 3. The molecular weight excluding hydrogens is 345 g/mol. The second-order valence-electron chi connectivity index (χ2n) is 5.69. The molecule has 0 saturated carbocycles. The lowest BCUT2D eigenvalue weighted by atomic mass is 10.2. The Balaban J connectivity index is 1.93. The van der Waals surface area contributed by atoms with E-state index in [0.717, 1.165) is 22.0 Å². The Hall–Kier alpha value is -3.16. The number of hydrogen-bond acceptors (Lipinski definition) is 3. The molecule has 0 aliphatic heterocycles. The van der Waals surface area contributed by atoms with E-state index < -0.39 is 23.3 Å². The summed E-state index contributed by atoms with van der Waals surface area (Å²) in [7, 11) is 0. The minimum atomic E-state index is -4.73. The van der Waals surface area contributed by atoms with Gasteiger partial charge in [-0.15, -0.1) is 0 Å². The van der Waals surface area contributed by atoms with E-state index in [2.05, 4.69) is 15.4 Å². The molecule has 8 heteroatoms. The standard InChI is InChI=1S/C18H15F3N4O/c1-12-3-2-4-14(9-12)25-16(18(19,20)21)15(11-24-25)17(26)23-10-13-5-7-22-8-6-13/h2-9,11H,10H2,1H3,(H,23,26). The summed E-state index contributed by atoms with van der Waals surface area (Å²) < 4.78 is 41.6. The Morgan fingerprint density at radius 3 is 2.58 bits per heavy atom. The van der Waals surface area contributed by atoms with Crippen molar-refractivity contribution in [2.75, 3.05) is 0 Å². The maximum absolute atomic E-state index is 13.6. The van der Waals surface area contributed by atoms with Crippen molar-refractivity contribution in [2.45, 2.75) is 19.6 Å². The first-order valence-electron chi connectivity index (χ1n) is 7.75. The number of nitrogens with one attached hydrogen (secondary N) is 1. The van der Waals surface area contributed by atoms with Crippen LogP contribution in [0.2, 0.25) is 0 Å². The lowest BCUT2D eigenvalue weighted by Crippen LogP contribution is -2.26. The van der Waals surface area contributed by atoms with Gasteiger partial charge in [0.25, 0.3) is 5.91 Å². The summed E-state index contributed by atoms with van der Waals surface area (Å²) in [5.74, 6) is -0.840. The number of rotatable bonds is 4. The van der Waals surface area contributed by atoms with Gasteiger partial charge in [0.15, 0.2) is 5.69 Å². The smallest absolute Gasteiger partial charge is 0.348 e. The zero-order valence-corrected chi connectivity index (χ0v) is 13.8. The molecule has 26 heavy (non-hydrogen) atoms. The second kappa shape index (κ2) is 6.99. The molecule has 0 bridgehead atoms. The lowest BCUT2D eigenvalue weighted by molar-refractivity contribution is -0.143. The van der Waals surface area contributed by atoms with Gasteiger partial charge in [-0.05, 0) is 42.3 Å². The normalized spacial score (nSPS) is 11.4.